The van der Waals surface area contributed by atoms with E-state index in [0.717, 1.165) is 50.7 Å². The van der Waals surface area contributed by atoms with Gasteiger partial charge in [-0.3, -0.25) is 0 Å². The SMILES string of the molecule is COc1ccc(S(C)(=O)=O)cc1S(=O)(=O)NC12CCC(CC1)CC2. The lowest BCUT2D eigenvalue weighted by atomic mass is 9.66. The molecule has 3 fully saturated rings. The lowest BCUT2D eigenvalue weighted by Crippen LogP contribution is -2.53. The van der Waals surface area contributed by atoms with Crippen LogP contribution in [0.25, 0.3) is 0 Å². The van der Waals surface area contributed by atoms with E-state index >= 15 is 0 Å². The minimum Gasteiger partial charge on any atom is -0.495 e. The Labute approximate surface area is 143 Å². The molecule has 1 aromatic rings. The fourth-order valence-corrected chi connectivity index (χ4v) is 6.25. The molecule has 2 bridgehead atoms. The normalized spacial score (nSPS) is 27.2. The van der Waals surface area contributed by atoms with Gasteiger partial charge in [-0.05, 0) is 62.6 Å². The van der Waals surface area contributed by atoms with Gasteiger partial charge in [-0.15, -0.1) is 0 Å². The zero-order valence-corrected chi connectivity index (χ0v) is 15.5. The van der Waals surface area contributed by atoms with E-state index in [1.807, 2.05) is 0 Å². The van der Waals surface area contributed by atoms with Gasteiger partial charge in [-0.1, -0.05) is 0 Å². The van der Waals surface area contributed by atoms with Crippen molar-refractivity contribution in [1.82, 2.24) is 4.72 Å². The fourth-order valence-electron chi connectivity index (χ4n) is 3.84. The van der Waals surface area contributed by atoms with Crippen molar-refractivity contribution < 1.29 is 21.6 Å². The Kier molecular flexibility index (Phi) is 4.42. The summed E-state index contributed by atoms with van der Waals surface area (Å²) in [7, 11) is -6.00. The topological polar surface area (TPSA) is 89.5 Å². The van der Waals surface area contributed by atoms with Crippen LogP contribution in [0.15, 0.2) is 28.0 Å². The van der Waals surface area contributed by atoms with Gasteiger partial charge in [0.05, 0.1) is 12.0 Å². The summed E-state index contributed by atoms with van der Waals surface area (Å²) in [4.78, 5) is -0.150. The average Bonchev–Trinajstić information content (AvgIpc) is 2.54. The number of sulfone groups is 1. The molecule has 0 aliphatic heterocycles. The van der Waals surface area contributed by atoms with E-state index in [9.17, 15) is 16.8 Å². The van der Waals surface area contributed by atoms with Crippen molar-refractivity contribution >= 4 is 19.9 Å². The van der Waals surface area contributed by atoms with Crippen LogP contribution in [0, 0.1) is 5.92 Å². The molecular weight excluding hydrogens is 350 g/mol. The summed E-state index contributed by atoms with van der Waals surface area (Å²) >= 11 is 0. The van der Waals surface area contributed by atoms with E-state index in [0.29, 0.717) is 0 Å². The van der Waals surface area contributed by atoms with Gasteiger partial charge in [-0.2, -0.15) is 0 Å². The second-order valence-electron chi connectivity index (χ2n) is 6.95. The molecule has 0 atom stereocenters. The minimum absolute atomic E-state index is 0.0338. The number of benzene rings is 1. The van der Waals surface area contributed by atoms with Crippen LogP contribution in [-0.4, -0.2) is 35.7 Å². The summed E-state index contributed by atoms with van der Waals surface area (Å²) in [6.45, 7) is 0. The summed E-state index contributed by atoms with van der Waals surface area (Å²) in [5.41, 5.74) is -0.403. The van der Waals surface area contributed by atoms with Gasteiger partial charge >= 0.3 is 0 Å². The van der Waals surface area contributed by atoms with Crippen LogP contribution < -0.4 is 9.46 Å². The molecule has 3 aliphatic carbocycles. The van der Waals surface area contributed by atoms with E-state index in [1.165, 1.54) is 25.3 Å². The van der Waals surface area contributed by atoms with E-state index in [2.05, 4.69) is 4.72 Å². The molecule has 134 valence electrons. The van der Waals surface area contributed by atoms with Crippen molar-refractivity contribution in [1.29, 1.82) is 0 Å². The van der Waals surface area contributed by atoms with E-state index in [-0.39, 0.29) is 15.5 Å². The Balaban J connectivity index is 1.99. The molecule has 0 radical (unpaired) electrons. The first kappa shape index (κ1) is 17.7. The van der Waals surface area contributed by atoms with Crippen LogP contribution in [0.3, 0.4) is 0 Å². The highest BCUT2D eigenvalue weighted by atomic mass is 32.2. The fraction of sp³-hybridized carbons (Fsp3) is 0.625. The highest BCUT2D eigenvalue weighted by Crippen LogP contribution is 2.45. The third-order valence-electron chi connectivity index (χ3n) is 5.30. The van der Waals surface area contributed by atoms with Crippen molar-refractivity contribution in [2.24, 2.45) is 5.92 Å². The first-order valence-electron chi connectivity index (χ1n) is 8.07. The second-order valence-corrected chi connectivity index (χ2v) is 10.6. The number of sulfonamides is 1. The smallest absolute Gasteiger partial charge is 0.244 e. The lowest BCUT2D eigenvalue weighted by Gasteiger charge is -2.46. The lowest BCUT2D eigenvalue weighted by molar-refractivity contribution is 0.126. The van der Waals surface area contributed by atoms with Crippen molar-refractivity contribution in [3.8, 4) is 5.75 Å². The quantitative estimate of drug-likeness (QED) is 0.854. The predicted molar refractivity (Wildman–Crippen MR) is 90.3 cm³/mol. The number of hydrogen-bond acceptors (Lipinski definition) is 5. The van der Waals surface area contributed by atoms with Crippen molar-refractivity contribution in [2.45, 2.75) is 53.9 Å². The van der Waals surface area contributed by atoms with Crippen LogP contribution in [0.4, 0.5) is 0 Å². The van der Waals surface area contributed by atoms with Gasteiger partial charge in [-0.25, -0.2) is 21.6 Å². The number of methoxy groups -OCH3 is 1. The number of ether oxygens (including phenoxy) is 1. The second kappa shape index (κ2) is 6.00. The third-order valence-corrected chi connectivity index (χ3v) is 8.01. The van der Waals surface area contributed by atoms with Gasteiger partial charge < -0.3 is 4.74 Å². The van der Waals surface area contributed by atoms with Gasteiger partial charge in [0.1, 0.15) is 10.6 Å². The largest absolute Gasteiger partial charge is 0.495 e. The van der Waals surface area contributed by atoms with Crippen LogP contribution >= 0.6 is 0 Å². The third kappa shape index (κ3) is 3.32. The Hall–Kier alpha value is -1.12. The molecule has 0 saturated heterocycles. The van der Waals surface area contributed by atoms with Crippen molar-refractivity contribution in [3.63, 3.8) is 0 Å². The molecule has 0 unspecified atom stereocenters. The zero-order chi connectivity index (χ0) is 17.6. The molecule has 1 N–H and O–H groups in total. The highest BCUT2D eigenvalue weighted by Gasteiger charge is 2.43. The van der Waals surface area contributed by atoms with Gasteiger partial charge in [0.2, 0.25) is 10.0 Å². The Morgan fingerprint density at radius 1 is 1.08 bits per heavy atom. The number of fused-ring (bicyclic) bond motifs is 3. The maximum Gasteiger partial charge on any atom is 0.244 e. The van der Waals surface area contributed by atoms with Gasteiger partial charge in [0, 0.05) is 11.8 Å². The first-order chi connectivity index (χ1) is 11.2. The van der Waals surface area contributed by atoms with E-state index < -0.39 is 25.4 Å². The average molecular weight is 373 g/mol. The Morgan fingerprint density at radius 3 is 2.17 bits per heavy atom. The van der Waals surface area contributed by atoms with Crippen LogP contribution in [0.1, 0.15) is 38.5 Å². The molecule has 4 rings (SSSR count). The number of nitrogens with one attached hydrogen (secondary N) is 1. The van der Waals surface area contributed by atoms with Gasteiger partial charge in [0.15, 0.2) is 9.84 Å². The van der Waals surface area contributed by atoms with Gasteiger partial charge in [0.25, 0.3) is 0 Å². The molecule has 1 aromatic carbocycles. The molecule has 0 amide bonds. The molecule has 6 nitrogen and oxygen atoms in total. The Bertz CT molecular complexity index is 823. The van der Waals surface area contributed by atoms with E-state index in [1.54, 1.807) is 0 Å². The number of hydrogen-bond donors (Lipinski definition) is 1. The predicted octanol–water partition coefficient (Wildman–Crippen LogP) is 2.10. The minimum atomic E-state index is -3.87. The standard InChI is InChI=1S/C16H23NO5S2/c1-22-14-4-3-13(23(2,18)19)11-15(14)24(20,21)17-16-8-5-12(6-9-16)7-10-16/h3-4,11-12,17H,5-10H2,1-2H3. The van der Waals surface area contributed by atoms with E-state index in [4.69, 9.17) is 4.74 Å². The molecule has 3 saturated carbocycles. The number of rotatable bonds is 5. The summed E-state index contributed by atoms with van der Waals surface area (Å²) in [6.07, 6.45) is 6.70. The summed E-state index contributed by atoms with van der Waals surface area (Å²) < 4.78 is 57.5. The first-order valence-corrected chi connectivity index (χ1v) is 11.4. The summed E-state index contributed by atoms with van der Waals surface area (Å²) in [5.74, 6) is 0.871. The highest BCUT2D eigenvalue weighted by molar-refractivity contribution is 7.91. The summed E-state index contributed by atoms with van der Waals surface area (Å²) in [5, 5.41) is 0. The maximum atomic E-state index is 13.0. The zero-order valence-electron chi connectivity index (χ0n) is 13.9. The molecule has 3 aliphatic rings. The van der Waals surface area contributed by atoms with Crippen molar-refractivity contribution in [2.75, 3.05) is 13.4 Å². The molecule has 0 aromatic heterocycles. The molecule has 0 spiro atoms. The van der Waals surface area contributed by atoms with Crippen LogP contribution in [-0.2, 0) is 19.9 Å². The van der Waals surface area contributed by atoms with Crippen LogP contribution in [0.2, 0.25) is 0 Å². The molecule has 24 heavy (non-hydrogen) atoms. The maximum absolute atomic E-state index is 13.0. The van der Waals surface area contributed by atoms with Crippen molar-refractivity contribution in [3.05, 3.63) is 18.2 Å². The Morgan fingerprint density at radius 2 is 1.67 bits per heavy atom. The molecular formula is C16H23NO5S2. The molecule has 0 heterocycles. The summed E-state index contributed by atoms with van der Waals surface area (Å²) in [6, 6.07) is 3.93. The molecule has 8 heteroatoms. The monoisotopic (exact) mass is 373 g/mol. The van der Waals surface area contributed by atoms with Crippen LogP contribution in [0.5, 0.6) is 5.75 Å².